The Morgan fingerprint density at radius 2 is 1.78 bits per heavy atom. The molecule has 2 rings (SSSR count). The van der Waals surface area contributed by atoms with Gasteiger partial charge in [-0.25, -0.2) is 4.79 Å². The molecule has 3 N–H and O–H groups in total. The monoisotopic (exact) mass is 254 g/mol. The van der Waals surface area contributed by atoms with Gasteiger partial charge in [0.1, 0.15) is 0 Å². The zero-order valence-corrected chi connectivity index (χ0v) is 11.0. The van der Waals surface area contributed by atoms with Crippen molar-refractivity contribution in [3.8, 4) is 0 Å². The van der Waals surface area contributed by atoms with Crippen molar-refractivity contribution >= 4 is 12.0 Å². The summed E-state index contributed by atoms with van der Waals surface area (Å²) in [4.78, 5) is 22.9. The van der Waals surface area contributed by atoms with Gasteiger partial charge in [-0.05, 0) is 24.7 Å². The van der Waals surface area contributed by atoms with Crippen LogP contribution in [0.15, 0.2) is 0 Å². The summed E-state index contributed by atoms with van der Waals surface area (Å²) in [5, 5.41) is 14.9. The lowest BCUT2D eigenvalue weighted by Gasteiger charge is -2.29. The van der Waals surface area contributed by atoms with Crippen molar-refractivity contribution in [2.24, 2.45) is 11.3 Å². The van der Waals surface area contributed by atoms with Crippen LogP contribution in [-0.2, 0) is 4.79 Å². The fraction of sp³-hybridized carbons (Fsp3) is 0.846. The molecule has 3 unspecified atom stereocenters. The number of carboxylic acid groups (broad SMARTS) is 1. The number of carboxylic acids is 1. The molecule has 2 fully saturated rings. The highest BCUT2D eigenvalue weighted by atomic mass is 16.4. The number of hydrogen-bond acceptors (Lipinski definition) is 2. The number of urea groups is 1. The second-order valence-electron chi connectivity index (χ2n) is 6.20. The first-order valence-corrected chi connectivity index (χ1v) is 6.70. The van der Waals surface area contributed by atoms with E-state index in [9.17, 15) is 9.59 Å². The Labute approximate surface area is 107 Å². The van der Waals surface area contributed by atoms with Crippen molar-refractivity contribution in [1.82, 2.24) is 10.6 Å². The Kier molecular flexibility index (Phi) is 3.50. The summed E-state index contributed by atoms with van der Waals surface area (Å²) in [5.41, 5.74) is 0.191. The summed E-state index contributed by atoms with van der Waals surface area (Å²) >= 11 is 0. The lowest BCUT2D eigenvalue weighted by atomic mass is 9.84. The maximum Gasteiger partial charge on any atom is 0.315 e. The highest BCUT2D eigenvalue weighted by molar-refractivity contribution is 5.77. The smallest absolute Gasteiger partial charge is 0.315 e. The highest BCUT2D eigenvalue weighted by Gasteiger charge is 2.46. The van der Waals surface area contributed by atoms with Gasteiger partial charge in [0.05, 0.1) is 5.92 Å². The molecule has 5 heteroatoms. The van der Waals surface area contributed by atoms with E-state index in [1.165, 1.54) is 0 Å². The van der Waals surface area contributed by atoms with Crippen LogP contribution in [-0.4, -0.2) is 29.2 Å². The number of nitrogens with one attached hydrogen (secondary N) is 2. The van der Waals surface area contributed by atoms with Crippen LogP contribution >= 0.6 is 0 Å². The molecule has 0 saturated heterocycles. The molecule has 2 amide bonds. The van der Waals surface area contributed by atoms with Gasteiger partial charge in [-0.2, -0.15) is 0 Å². The van der Waals surface area contributed by atoms with Gasteiger partial charge in [0.15, 0.2) is 0 Å². The SMILES string of the molecule is CC1(C)CC1NC(=O)NC1CCCCC1C(=O)O. The molecule has 18 heavy (non-hydrogen) atoms. The van der Waals surface area contributed by atoms with Crippen LogP contribution in [0.2, 0.25) is 0 Å². The topological polar surface area (TPSA) is 78.4 Å². The number of amides is 2. The Morgan fingerprint density at radius 3 is 2.33 bits per heavy atom. The quantitative estimate of drug-likeness (QED) is 0.717. The van der Waals surface area contributed by atoms with Crippen LogP contribution in [0.1, 0.15) is 46.0 Å². The first kappa shape index (κ1) is 13.2. The lowest BCUT2D eigenvalue weighted by Crippen LogP contribution is -2.49. The first-order chi connectivity index (χ1) is 8.40. The minimum Gasteiger partial charge on any atom is -0.481 e. The zero-order valence-electron chi connectivity index (χ0n) is 11.0. The van der Waals surface area contributed by atoms with E-state index in [-0.39, 0.29) is 23.5 Å². The van der Waals surface area contributed by atoms with Crippen LogP contribution < -0.4 is 10.6 Å². The van der Waals surface area contributed by atoms with Gasteiger partial charge in [-0.1, -0.05) is 26.7 Å². The van der Waals surface area contributed by atoms with E-state index in [1.54, 1.807) is 0 Å². The van der Waals surface area contributed by atoms with Crippen LogP contribution in [0.25, 0.3) is 0 Å². The molecule has 2 aliphatic carbocycles. The van der Waals surface area contributed by atoms with Gasteiger partial charge in [0.2, 0.25) is 0 Å². The summed E-state index contributed by atoms with van der Waals surface area (Å²) in [6, 6.07) is -0.216. The Hall–Kier alpha value is -1.26. The molecule has 102 valence electrons. The molecule has 0 heterocycles. The second-order valence-corrected chi connectivity index (χ2v) is 6.20. The molecule has 3 atom stereocenters. The van der Waals surface area contributed by atoms with Crippen molar-refractivity contribution in [2.75, 3.05) is 0 Å². The fourth-order valence-electron chi connectivity index (χ4n) is 2.68. The number of rotatable bonds is 3. The van der Waals surface area contributed by atoms with E-state index in [0.29, 0.717) is 6.42 Å². The van der Waals surface area contributed by atoms with Crippen LogP contribution in [0.3, 0.4) is 0 Å². The van der Waals surface area contributed by atoms with Gasteiger partial charge in [-0.15, -0.1) is 0 Å². The van der Waals surface area contributed by atoms with E-state index in [1.807, 2.05) is 0 Å². The number of hydrogen-bond donors (Lipinski definition) is 3. The maximum atomic E-state index is 11.8. The lowest BCUT2D eigenvalue weighted by molar-refractivity contribution is -0.143. The molecule has 0 aliphatic heterocycles. The minimum atomic E-state index is -0.799. The van der Waals surface area contributed by atoms with Crippen molar-refractivity contribution in [2.45, 2.75) is 58.0 Å². The third-order valence-corrected chi connectivity index (χ3v) is 4.22. The third-order valence-electron chi connectivity index (χ3n) is 4.22. The second kappa shape index (κ2) is 4.78. The molecule has 2 saturated carbocycles. The Morgan fingerprint density at radius 1 is 1.17 bits per heavy atom. The molecule has 2 aliphatic rings. The van der Waals surface area contributed by atoms with E-state index < -0.39 is 11.9 Å². The molecule has 0 spiro atoms. The van der Waals surface area contributed by atoms with Crippen LogP contribution in [0.5, 0.6) is 0 Å². The van der Waals surface area contributed by atoms with E-state index in [4.69, 9.17) is 5.11 Å². The maximum absolute atomic E-state index is 11.8. The summed E-state index contributed by atoms with van der Waals surface area (Å²) < 4.78 is 0. The molecule has 0 radical (unpaired) electrons. The van der Waals surface area contributed by atoms with Gasteiger partial charge < -0.3 is 15.7 Å². The van der Waals surface area contributed by atoms with Gasteiger partial charge in [-0.3, -0.25) is 4.79 Å². The van der Waals surface area contributed by atoms with Crippen molar-refractivity contribution in [3.05, 3.63) is 0 Å². The zero-order chi connectivity index (χ0) is 13.3. The molecule has 0 bridgehead atoms. The molecular weight excluding hydrogens is 232 g/mol. The third kappa shape index (κ3) is 2.94. The molecular formula is C13H22N2O3. The molecule has 0 aromatic carbocycles. The molecule has 0 aromatic rings. The fourth-order valence-corrected chi connectivity index (χ4v) is 2.68. The van der Waals surface area contributed by atoms with Crippen molar-refractivity contribution < 1.29 is 14.7 Å². The largest absolute Gasteiger partial charge is 0.481 e. The van der Waals surface area contributed by atoms with E-state index in [0.717, 1.165) is 25.7 Å². The predicted octanol–water partition coefficient (Wildman–Crippen LogP) is 1.73. The minimum absolute atomic E-state index is 0.191. The molecule has 5 nitrogen and oxygen atoms in total. The normalized spacial score (nSPS) is 33.6. The number of carbonyl (C=O) groups excluding carboxylic acids is 1. The summed E-state index contributed by atoms with van der Waals surface area (Å²) in [6.07, 6.45) is 4.34. The summed E-state index contributed by atoms with van der Waals surface area (Å²) in [6.45, 7) is 4.22. The average molecular weight is 254 g/mol. The standard InChI is InChI=1S/C13H22N2O3/c1-13(2)7-10(13)15-12(18)14-9-6-4-3-5-8(9)11(16)17/h8-10H,3-7H2,1-2H3,(H,16,17)(H2,14,15,18). The van der Waals surface area contributed by atoms with Crippen LogP contribution in [0.4, 0.5) is 4.79 Å². The van der Waals surface area contributed by atoms with Gasteiger partial charge in [0, 0.05) is 12.1 Å². The number of aliphatic carboxylic acids is 1. The molecule has 0 aromatic heterocycles. The van der Waals surface area contributed by atoms with E-state index in [2.05, 4.69) is 24.5 Å². The van der Waals surface area contributed by atoms with E-state index >= 15 is 0 Å². The van der Waals surface area contributed by atoms with Crippen molar-refractivity contribution in [1.29, 1.82) is 0 Å². The van der Waals surface area contributed by atoms with Crippen LogP contribution in [0, 0.1) is 11.3 Å². The average Bonchev–Trinajstić information content (AvgIpc) is 2.85. The Balaban J connectivity index is 1.83. The summed E-state index contributed by atoms with van der Waals surface area (Å²) in [7, 11) is 0. The first-order valence-electron chi connectivity index (χ1n) is 6.70. The predicted molar refractivity (Wildman–Crippen MR) is 67.2 cm³/mol. The van der Waals surface area contributed by atoms with Gasteiger partial charge in [0.25, 0.3) is 0 Å². The highest BCUT2D eigenvalue weighted by Crippen LogP contribution is 2.44. The Bertz CT molecular complexity index is 354. The number of carbonyl (C=O) groups is 2. The summed E-state index contributed by atoms with van der Waals surface area (Å²) in [5.74, 6) is -1.23. The van der Waals surface area contributed by atoms with Gasteiger partial charge >= 0.3 is 12.0 Å². The van der Waals surface area contributed by atoms with Crippen molar-refractivity contribution in [3.63, 3.8) is 0 Å².